The summed E-state index contributed by atoms with van der Waals surface area (Å²) in [6, 6.07) is 19.0. The molecule has 0 aliphatic heterocycles. The molecule has 2 N–H and O–H groups in total. The number of hydrogen-bond donors (Lipinski definition) is 2. The number of amides is 1. The summed E-state index contributed by atoms with van der Waals surface area (Å²) in [6.07, 6.45) is 1.66. The van der Waals surface area contributed by atoms with E-state index in [1.165, 1.54) is 0 Å². The van der Waals surface area contributed by atoms with Crippen molar-refractivity contribution in [2.75, 3.05) is 17.7 Å². The van der Waals surface area contributed by atoms with Crippen LogP contribution < -0.4 is 5.32 Å². The molecule has 28 heavy (non-hydrogen) atoms. The highest BCUT2D eigenvalue weighted by Crippen LogP contribution is 2.26. The van der Waals surface area contributed by atoms with Crippen LogP contribution in [0.2, 0.25) is 5.02 Å². The van der Waals surface area contributed by atoms with Crippen molar-refractivity contribution in [3.8, 4) is 11.1 Å². The Bertz CT molecular complexity index is 923. The first kappa shape index (κ1) is 22.2. The number of nitrogens with one attached hydrogen (secondary N) is 1. The van der Waals surface area contributed by atoms with Crippen LogP contribution in [0.5, 0.6) is 0 Å². The van der Waals surface area contributed by atoms with E-state index in [9.17, 15) is 4.79 Å². The molecule has 0 fully saturated rings. The van der Waals surface area contributed by atoms with Crippen molar-refractivity contribution >= 4 is 47.5 Å². The van der Waals surface area contributed by atoms with Gasteiger partial charge in [-0.25, -0.2) is 4.98 Å². The van der Waals surface area contributed by atoms with Crippen LogP contribution in [0.3, 0.4) is 0 Å². The molecular weight excluding hydrogens is 415 g/mol. The molecule has 0 saturated heterocycles. The van der Waals surface area contributed by atoms with Crippen molar-refractivity contribution in [2.24, 2.45) is 0 Å². The lowest BCUT2D eigenvalue weighted by Gasteiger charge is -2.10. The average Bonchev–Trinajstić information content (AvgIpc) is 2.69. The number of carbonyl (C=O) groups is 1. The van der Waals surface area contributed by atoms with Crippen LogP contribution in [0.1, 0.15) is 15.9 Å². The quantitative estimate of drug-likeness (QED) is 0.495. The fourth-order valence-corrected chi connectivity index (χ4v) is 3.47. The summed E-state index contributed by atoms with van der Waals surface area (Å²) in [6.45, 7) is 0.148. The van der Waals surface area contributed by atoms with E-state index in [0.717, 1.165) is 22.4 Å². The van der Waals surface area contributed by atoms with Gasteiger partial charge in [0.25, 0.3) is 5.91 Å². The fraction of sp³-hybridized carbons (Fsp3) is 0.143. The fourth-order valence-electron chi connectivity index (χ4n) is 2.58. The molecule has 3 aromatic rings. The summed E-state index contributed by atoms with van der Waals surface area (Å²) < 4.78 is 0. The van der Waals surface area contributed by atoms with Crippen molar-refractivity contribution < 1.29 is 9.90 Å². The van der Waals surface area contributed by atoms with Gasteiger partial charge in [-0.2, -0.15) is 11.8 Å². The number of benzene rings is 2. The summed E-state index contributed by atoms with van der Waals surface area (Å²) in [5.74, 6) is 1.59. The number of thioether (sulfide) groups is 1. The van der Waals surface area contributed by atoms with Crippen LogP contribution in [-0.4, -0.2) is 28.4 Å². The second-order valence-electron chi connectivity index (χ2n) is 5.84. The standard InChI is InChI=1S/C21H19ClN2O2S.ClH/c22-19-7-6-17(16-4-2-1-3-5-16)13-18(19)21(26)24-20-12-15(8-9-23-20)14-27-11-10-25;/h1-9,12-13,25H,10-11,14H2,(H,23,24,26);1H. The van der Waals surface area contributed by atoms with Crippen molar-refractivity contribution in [3.63, 3.8) is 0 Å². The molecule has 1 aromatic heterocycles. The molecule has 0 atom stereocenters. The molecule has 0 radical (unpaired) electrons. The van der Waals surface area contributed by atoms with Gasteiger partial charge < -0.3 is 10.4 Å². The van der Waals surface area contributed by atoms with Crippen LogP contribution in [0, 0.1) is 0 Å². The van der Waals surface area contributed by atoms with Crippen LogP contribution in [0.25, 0.3) is 11.1 Å². The topological polar surface area (TPSA) is 62.2 Å². The minimum Gasteiger partial charge on any atom is -0.396 e. The maximum absolute atomic E-state index is 12.7. The zero-order valence-electron chi connectivity index (χ0n) is 15.0. The lowest BCUT2D eigenvalue weighted by molar-refractivity contribution is 0.102. The smallest absolute Gasteiger partial charge is 0.258 e. The van der Waals surface area contributed by atoms with E-state index in [2.05, 4.69) is 10.3 Å². The number of carbonyl (C=O) groups excluding carboxylic acids is 1. The molecule has 0 bridgehead atoms. The number of aromatic nitrogens is 1. The lowest BCUT2D eigenvalue weighted by Crippen LogP contribution is -2.13. The van der Waals surface area contributed by atoms with E-state index >= 15 is 0 Å². The number of anilines is 1. The number of rotatable bonds is 7. The van der Waals surface area contributed by atoms with E-state index in [4.69, 9.17) is 16.7 Å². The summed E-state index contributed by atoms with van der Waals surface area (Å²) >= 11 is 7.87. The maximum atomic E-state index is 12.7. The Labute approximate surface area is 179 Å². The van der Waals surface area contributed by atoms with Gasteiger partial charge in [0.05, 0.1) is 17.2 Å². The molecule has 0 aliphatic rings. The van der Waals surface area contributed by atoms with Gasteiger partial charge in [0.15, 0.2) is 0 Å². The van der Waals surface area contributed by atoms with Crippen LogP contribution in [0.15, 0.2) is 66.9 Å². The third-order valence-corrected chi connectivity index (χ3v) is 5.23. The molecular formula is C21H20Cl2N2O2S. The second kappa shape index (κ2) is 11.1. The molecule has 0 spiro atoms. The first-order chi connectivity index (χ1) is 13.2. The number of aliphatic hydroxyl groups is 1. The molecule has 3 rings (SSSR count). The van der Waals surface area contributed by atoms with Gasteiger partial charge in [0.1, 0.15) is 5.82 Å². The third kappa shape index (κ3) is 5.97. The van der Waals surface area contributed by atoms with Crippen LogP contribution in [0.4, 0.5) is 5.82 Å². The van der Waals surface area contributed by atoms with Gasteiger partial charge in [0, 0.05) is 17.7 Å². The third-order valence-electron chi connectivity index (χ3n) is 3.89. The van der Waals surface area contributed by atoms with E-state index in [0.29, 0.717) is 22.2 Å². The van der Waals surface area contributed by atoms with Gasteiger partial charge in [-0.05, 0) is 41.0 Å². The van der Waals surface area contributed by atoms with E-state index in [1.54, 1.807) is 30.1 Å². The number of pyridine rings is 1. The zero-order chi connectivity index (χ0) is 19.1. The van der Waals surface area contributed by atoms with Gasteiger partial charge in [-0.1, -0.05) is 48.0 Å². The normalized spacial score (nSPS) is 10.2. The van der Waals surface area contributed by atoms with E-state index in [-0.39, 0.29) is 24.9 Å². The summed E-state index contributed by atoms with van der Waals surface area (Å²) in [7, 11) is 0. The number of hydrogen-bond acceptors (Lipinski definition) is 4. The molecule has 1 amide bonds. The van der Waals surface area contributed by atoms with Gasteiger partial charge in [0.2, 0.25) is 0 Å². The van der Waals surface area contributed by atoms with E-state index in [1.807, 2.05) is 48.5 Å². The second-order valence-corrected chi connectivity index (χ2v) is 7.35. The predicted octanol–water partition coefficient (Wildman–Crippen LogP) is 5.30. The summed E-state index contributed by atoms with van der Waals surface area (Å²) in [4.78, 5) is 16.9. The monoisotopic (exact) mass is 434 g/mol. The largest absolute Gasteiger partial charge is 0.396 e. The highest BCUT2D eigenvalue weighted by molar-refractivity contribution is 7.98. The number of nitrogens with zero attached hydrogens (tertiary/aromatic N) is 1. The number of halogens is 2. The Morgan fingerprint density at radius 1 is 1.07 bits per heavy atom. The molecule has 2 aromatic carbocycles. The molecule has 7 heteroatoms. The minimum atomic E-state index is -0.301. The van der Waals surface area contributed by atoms with Crippen molar-refractivity contribution in [2.45, 2.75) is 5.75 Å². The predicted molar refractivity (Wildman–Crippen MR) is 120 cm³/mol. The van der Waals surface area contributed by atoms with Crippen molar-refractivity contribution in [1.29, 1.82) is 0 Å². The van der Waals surface area contributed by atoms with Crippen molar-refractivity contribution in [1.82, 2.24) is 4.98 Å². The molecule has 146 valence electrons. The SMILES string of the molecule is Cl.O=C(Nc1cc(CSCCO)ccn1)c1cc(-c2ccccc2)ccc1Cl. The van der Waals surface area contributed by atoms with Crippen molar-refractivity contribution in [3.05, 3.63) is 83.0 Å². The molecule has 0 aliphatic carbocycles. The van der Waals surface area contributed by atoms with Gasteiger partial charge in [-0.15, -0.1) is 12.4 Å². The highest BCUT2D eigenvalue weighted by Gasteiger charge is 2.13. The lowest BCUT2D eigenvalue weighted by atomic mass is 10.0. The Balaban J connectivity index is 0.00000280. The van der Waals surface area contributed by atoms with Gasteiger partial charge >= 0.3 is 0 Å². The highest BCUT2D eigenvalue weighted by atomic mass is 35.5. The van der Waals surface area contributed by atoms with Crippen LogP contribution in [-0.2, 0) is 5.75 Å². The zero-order valence-corrected chi connectivity index (χ0v) is 17.4. The van der Waals surface area contributed by atoms with Gasteiger partial charge in [-0.3, -0.25) is 4.79 Å². The van der Waals surface area contributed by atoms with E-state index < -0.39 is 0 Å². The van der Waals surface area contributed by atoms with Crippen LogP contribution >= 0.6 is 35.8 Å². The Kier molecular flexibility index (Phi) is 8.80. The maximum Gasteiger partial charge on any atom is 0.258 e. The first-order valence-electron chi connectivity index (χ1n) is 8.47. The Morgan fingerprint density at radius 3 is 2.61 bits per heavy atom. The Morgan fingerprint density at radius 2 is 1.86 bits per heavy atom. The first-order valence-corrected chi connectivity index (χ1v) is 10.0. The Hall–Kier alpha value is -2.05. The summed E-state index contributed by atoms with van der Waals surface area (Å²) in [5.41, 5.74) is 3.37. The molecule has 4 nitrogen and oxygen atoms in total. The molecule has 0 unspecified atom stereocenters. The minimum absolute atomic E-state index is 0. The number of aliphatic hydroxyl groups excluding tert-OH is 1. The molecule has 0 saturated carbocycles. The summed E-state index contributed by atoms with van der Waals surface area (Å²) in [5, 5.41) is 12.1. The average molecular weight is 435 g/mol. The molecule has 1 heterocycles.